The van der Waals surface area contributed by atoms with Gasteiger partial charge in [0, 0.05) is 6.20 Å². The van der Waals surface area contributed by atoms with E-state index >= 15 is 0 Å². The number of aromatic nitrogens is 3. The van der Waals surface area contributed by atoms with Crippen LogP contribution in [0.5, 0.6) is 0 Å². The van der Waals surface area contributed by atoms with E-state index in [2.05, 4.69) is 9.97 Å². The Bertz CT molecular complexity index is 1210. The molecule has 0 radical (unpaired) electrons. The van der Waals surface area contributed by atoms with Crippen molar-refractivity contribution in [2.45, 2.75) is 29.1 Å². The summed E-state index contributed by atoms with van der Waals surface area (Å²) in [4.78, 5) is 8.33. The van der Waals surface area contributed by atoms with E-state index in [1.54, 1.807) is 34.9 Å². The number of benzene rings is 2. The highest BCUT2D eigenvalue weighted by Gasteiger charge is 2.31. The van der Waals surface area contributed by atoms with Gasteiger partial charge in [0.1, 0.15) is 5.03 Å². The second kappa shape index (κ2) is 7.92. The fourth-order valence-corrected chi connectivity index (χ4v) is 3.86. The van der Waals surface area contributed by atoms with Gasteiger partial charge >= 0.3 is 12.4 Å². The van der Waals surface area contributed by atoms with Crippen LogP contribution in [0.2, 0.25) is 0 Å². The molecule has 0 saturated heterocycles. The zero-order chi connectivity index (χ0) is 22.2. The van der Waals surface area contributed by atoms with E-state index in [1.807, 2.05) is 0 Å². The van der Waals surface area contributed by atoms with Gasteiger partial charge in [-0.3, -0.25) is 0 Å². The summed E-state index contributed by atoms with van der Waals surface area (Å²) in [6.07, 6.45) is -8.22. The summed E-state index contributed by atoms with van der Waals surface area (Å²) in [7, 11) is 0. The summed E-state index contributed by atoms with van der Waals surface area (Å²) < 4.78 is 79.2. The van der Waals surface area contributed by atoms with Gasteiger partial charge in [0.25, 0.3) is 0 Å². The molecule has 4 aromatic rings. The molecule has 0 spiro atoms. The molecule has 31 heavy (non-hydrogen) atoms. The number of halogens is 6. The van der Waals surface area contributed by atoms with Crippen LogP contribution in [0.3, 0.4) is 0 Å². The molecule has 2 aromatic carbocycles. The number of pyridine rings is 1. The van der Waals surface area contributed by atoms with Crippen molar-refractivity contribution >= 4 is 22.8 Å². The summed E-state index contributed by atoms with van der Waals surface area (Å²) in [5, 5.41) is 0.694. The first kappa shape index (κ1) is 21.2. The van der Waals surface area contributed by atoms with Crippen LogP contribution in [0.1, 0.15) is 16.7 Å². The number of fused-ring (bicyclic) bond motifs is 1. The quantitative estimate of drug-likeness (QED) is 0.324. The summed E-state index contributed by atoms with van der Waals surface area (Å²) in [5.41, 5.74) is 0.0979. The van der Waals surface area contributed by atoms with E-state index in [0.29, 0.717) is 21.8 Å². The second-order valence-corrected chi connectivity index (χ2v) is 7.64. The number of nitrogens with zero attached hydrogens (tertiary/aromatic N) is 3. The molecule has 0 N–H and O–H groups in total. The third-order valence-electron chi connectivity index (χ3n) is 4.47. The van der Waals surface area contributed by atoms with Crippen molar-refractivity contribution in [1.82, 2.24) is 14.5 Å². The lowest BCUT2D eigenvalue weighted by Gasteiger charge is -2.12. The van der Waals surface area contributed by atoms with Crippen LogP contribution in [0.4, 0.5) is 26.3 Å². The minimum absolute atomic E-state index is 0.105. The van der Waals surface area contributed by atoms with E-state index in [0.717, 1.165) is 36.2 Å². The van der Waals surface area contributed by atoms with Crippen LogP contribution in [0.15, 0.2) is 77.0 Å². The number of alkyl halides is 6. The number of para-hydroxylation sites is 2. The predicted octanol–water partition coefficient (Wildman–Crippen LogP) is 6.67. The minimum atomic E-state index is -4.49. The lowest BCUT2D eigenvalue weighted by Crippen LogP contribution is -2.07. The van der Waals surface area contributed by atoms with Crippen molar-refractivity contribution in [1.29, 1.82) is 0 Å². The molecule has 4 rings (SSSR count). The maximum atomic E-state index is 13.1. The second-order valence-electron chi connectivity index (χ2n) is 6.65. The molecular weight excluding hydrogens is 440 g/mol. The largest absolute Gasteiger partial charge is 0.417 e. The molecule has 0 fully saturated rings. The highest BCUT2D eigenvalue weighted by molar-refractivity contribution is 7.99. The smallest absolute Gasteiger partial charge is 0.314 e. The Morgan fingerprint density at radius 2 is 1.55 bits per heavy atom. The number of rotatable bonds is 4. The molecule has 0 bridgehead atoms. The van der Waals surface area contributed by atoms with E-state index in [1.165, 1.54) is 12.1 Å². The normalized spacial score (nSPS) is 12.5. The zero-order valence-corrected chi connectivity index (χ0v) is 16.4. The maximum absolute atomic E-state index is 13.1. The Morgan fingerprint density at radius 1 is 0.806 bits per heavy atom. The Morgan fingerprint density at radius 3 is 2.23 bits per heavy atom. The van der Waals surface area contributed by atoms with E-state index in [9.17, 15) is 26.3 Å². The molecule has 2 aromatic heterocycles. The van der Waals surface area contributed by atoms with Crippen molar-refractivity contribution in [2.75, 3.05) is 0 Å². The SMILES string of the molecule is FC(F)(F)c1ccc(Sc2nc3ccccc3n2Cc2cccc(C(F)(F)F)c2)nc1. The van der Waals surface area contributed by atoms with Crippen molar-refractivity contribution in [3.05, 3.63) is 83.6 Å². The summed E-state index contributed by atoms with van der Waals surface area (Å²) in [6.45, 7) is 0.105. The molecule has 2 heterocycles. The fraction of sp³-hybridized carbons (Fsp3) is 0.143. The van der Waals surface area contributed by atoms with Gasteiger partial charge in [0.15, 0.2) is 5.16 Å². The molecule has 0 amide bonds. The van der Waals surface area contributed by atoms with Crippen LogP contribution in [-0.4, -0.2) is 14.5 Å². The van der Waals surface area contributed by atoms with Crippen LogP contribution >= 0.6 is 11.8 Å². The Kier molecular flexibility index (Phi) is 5.42. The molecule has 0 atom stereocenters. The number of hydrogen-bond acceptors (Lipinski definition) is 3. The third-order valence-corrected chi connectivity index (χ3v) is 5.42. The molecule has 0 aliphatic rings. The first-order valence-electron chi connectivity index (χ1n) is 8.94. The average Bonchev–Trinajstić information content (AvgIpc) is 3.04. The van der Waals surface area contributed by atoms with Gasteiger partial charge in [0.2, 0.25) is 0 Å². The standard InChI is InChI=1S/C21H13F6N3S/c22-20(23,24)14-5-3-4-13(10-14)12-30-17-7-2-1-6-16(17)29-19(30)31-18-9-8-15(11-28-18)21(25,26)27/h1-11H,12H2. The van der Waals surface area contributed by atoms with Gasteiger partial charge < -0.3 is 4.57 Å². The average molecular weight is 453 g/mol. The maximum Gasteiger partial charge on any atom is 0.417 e. The lowest BCUT2D eigenvalue weighted by atomic mass is 10.1. The molecule has 10 heteroatoms. The Balaban J connectivity index is 1.70. The minimum Gasteiger partial charge on any atom is -0.314 e. The molecular formula is C21H13F6N3S. The van der Waals surface area contributed by atoms with Crippen molar-refractivity contribution in [3.8, 4) is 0 Å². The van der Waals surface area contributed by atoms with Crippen LogP contribution in [0.25, 0.3) is 11.0 Å². The molecule has 0 aliphatic heterocycles. The Labute approximate surface area is 176 Å². The van der Waals surface area contributed by atoms with E-state index < -0.39 is 23.5 Å². The van der Waals surface area contributed by atoms with Gasteiger partial charge in [-0.15, -0.1) is 0 Å². The summed E-state index contributed by atoms with van der Waals surface area (Å²) in [5.74, 6) is 0. The monoisotopic (exact) mass is 453 g/mol. The van der Waals surface area contributed by atoms with Crippen molar-refractivity contribution in [2.24, 2.45) is 0 Å². The molecule has 160 valence electrons. The van der Waals surface area contributed by atoms with Gasteiger partial charge in [-0.25, -0.2) is 9.97 Å². The van der Waals surface area contributed by atoms with Crippen LogP contribution in [0, 0.1) is 0 Å². The van der Waals surface area contributed by atoms with Gasteiger partial charge in [-0.2, -0.15) is 26.3 Å². The lowest BCUT2D eigenvalue weighted by molar-refractivity contribution is -0.138. The molecule has 0 saturated carbocycles. The summed E-state index contributed by atoms with van der Waals surface area (Å²) >= 11 is 1.04. The van der Waals surface area contributed by atoms with Gasteiger partial charge in [-0.05, 0) is 53.7 Å². The first-order chi connectivity index (χ1) is 14.6. The van der Waals surface area contributed by atoms with Gasteiger partial charge in [0.05, 0.1) is 28.7 Å². The zero-order valence-electron chi connectivity index (χ0n) is 15.6. The molecule has 3 nitrogen and oxygen atoms in total. The first-order valence-corrected chi connectivity index (χ1v) is 9.75. The van der Waals surface area contributed by atoms with Crippen molar-refractivity contribution < 1.29 is 26.3 Å². The van der Waals surface area contributed by atoms with Crippen LogP contribution in [-0.2, 0) is 18.9 Å². The third kappa shape index (κ3) is 4.68. The van der Waals surface area contributed by atoms with E-state index in [-0.39, 0.29) is 11.6 Å². The predicted molar refractivity (Wildman–Crippen MR) is 104 cm³/mol. The van der Waals surface area contributed by atoms with Gasteiger partial charge in [-0.1, -0.05) is 24.3 Å². The highest BCUT2D eigenvalue weighted by Crippen LogP contribution is 2.34. The Hall–Kier alpha value is -3.01. The number of hydrogen-bond donors (Lipinski definition) is 0. The highest BCUT2D eigenvalue weighted by atomic mass is 32.2. The molecule has 0 aliphatic carbocycles. The topological polar surface area (TPSA) is 30.7 Å². The van der Waals surface area contributed by atoms with Crippen molar-refractivity contribution in [3.63, 3.8) is 0 Å². The fourth-order valence-electron chi connectivity index (χ4n) is 3.01. The van der Waals surface area contributed by atoms with E-state index in [4.69, 9.17) is 0 Å². The van der Waals surface area contributed by atoms with Crippen LogP contribution < -0.4 is 0 Å². The number of imidazole rings is 1. The molecule has 0 unspecified atom stereocenters. The summed E-state index contributed by atoms with van der Waals surface area (Å²) in [6, 6.07) is 14.2.